The summed E-state index contributed by atoms with van der Waals surface area (Å²) < 4.78 is 5.71. The Morgan fingerprint density at radius 1 is 1.31 bits per heavy atom. The Morgan fingerprint density at radius 3 is 2.38 bits per heavy atom. The van der Waals surface area contributed by atoms with Crippen LogP contribution in [0.3, 0.4) is 0 Å². The van der Waals surface area contributed by atoms with Gasteiger partial charge in [-0.1, -0.05) is 27.2 Å². The van der Waals surface area contributed by atoms with Gasteiger partial charge in [-0.2, -0.15) is 0 Å². The highest BCUT2D eigenvalue weighted by Gasteiger charge is 2.26. The van der Waals surface area contributed by atoms with E-state index in [1.807, 2.05) is 6.92 Å². The second kappa shape index (κ2) is 8.04. The third kappa shape index (κ3) is 7.20. The minimum absolute atomic E-state index is 0.145. The number of aliphatic hydroxyl groups is 1. The van der Waals surface area contributed by atoms with E-state index in [1.165, 1.54) is 0 Å². The van der Waals surface area contributed by atoms with Crippen molar-refractivity contribution in [3.63, 3.8) is 0 Å². The zero-order valence-corrected chi connectivity index (χ0v) is 11.5. The second-order valence-electron chi connectivity index (χ2n) is 5.26. The lowest BCUT2D eigenvalue weighted by Crippen LogP contribution is -2.51. The van der Waals surface area contributed by atoms with Crippen LogP contribution in [0, 0.1) is 0 Å². The molecule has 0 bridgehead atoms. The predicted octanol–water partition coefficient (Wildman–Crippen LogP) is 2.33. The molecule has 0 radical (unpaired) electrons. The molecule has 0 aromatic heterocycles. The maximum atomic E-state index is 9.44. The van der Waals surface area contributed by atoms with Gasteiger partial charge in [0.25, 0.3) is 0 Å². The number of unbranched alkanes of at least 4 members (excludes halogenated alkanes) is 1. The lowest BCUT2D eigenvalue weighted by Gasteiger charge is -2.33. The molecule has 0 spiro atoms. The normalized spacial score (nSPS) is 17.4. The van der Waals surface area contributed by atoms with Crippen molar-refractivity contribution in [2.75, 3.05) is 13.2 Å². The van der Waals surface area contributed by atoms with Crippen LogP contribution in [0.25, 0.3) is 0 Å². The van der Waals surface area contributed by atoms with Gasteiger partial charge in [-0.05, 0) is 26.7 Å². The van der Waals surface area contributed by atoms with E-state index in [0.29, 0.717) is 6.04 Å². The summed E-state index contributed by atoms with van der Waals surface area (Å²) in [6.07, 6.45) is 3.30. The van der Waals surface area contributed by atoms with Gasteiger partial charge in [-0.15, -0.1) is 0 Å². The molecule has 0 fully saturated rings. The van der Waals surface area contributed by atoms with Crippen LogP contribution < -0.4 is 5.32 Å². The van der Waals surface area contributed by atoms with Gasteiger partial charge in [0, 0.05) is 18.2 Å². The van der Waals surface area contributed by atoms with Crippen molar-refractivity contribution in [2.45, 2.75) is 71.6 Å². The zero-order valence-electron chi connectivity index (χ0n) is 11.5. The number of hydrogen-bond donors (Lipinski definition) is 2. The number of aliphatic hydroxyl groups excluding tert-OH is 1. The Hall–Kier alpha value is -0.120. The second-order valence-corrected chi connectivity index (χ2v) is 5.26. The number of ether oxygens (including phenoxy) is 1. The quantitative estimate of drug-likeness (QED) is 0.598. The molecule has 0 aliphatic rings. The molecule has 0 aromatic carbocycles. The van der Waals surface area contributed by atoms with E-state index in [1.54, 1.807) is 0 Å². The van der Waals surface area contributed by atoms with Gasteiger partial charge >= 0.3 is 0 Å². The van der Waals surface area contributed by atoms with E-state index in [4.69, 9.17) is 4.74 Å². The lowest BCUT2D eigenvalue weighted by molar-refractivity contribution is 0.0249. The molecule has 0 aliphatic carbocycles. The maximum Gasteiger partial charge on any atom is 0.0611 e. The third-order valence-electron chi connectivity index (χ3n) is 2.62. The first-order valence-corrected chi connectivity index (χ1v) is 6.43. The van der Waals surface area contributed by atoms with Crippen LogP contribution >= 0.6 is 0 Å². The summed E-state index contributed by atoms with van der Waals surface area (Å²) in [7, 11) is 0. The van der Waals surface area contributed by atoms with E-state index >= 15 is 0 Å². The van der Waals surface area contributed by atoms with Crippen molar-refractivity contribution in [1.29, 1.82) is 0 Å². The molecule has 0 rings (SSSR count). The summed E-state index contributed by atoms with van der Waals surface area (Å²) in [5.41, 5.74) is -0.236. The standard InChI is InChI=1S/C13H29NO2/c1-6-7-8-16-12(4)9-13(5,10-15)14-11(2)3/h11-12,14-15H,6-10H2,1-5H3. The van der Waals surface area contributed by atoms with E-state index in [9.17, 15) is 5.11 Å². The first kappa shape index (κ1) is 15.9. The molecule has 0 aromatic rings. The van der Waals surface area contributed by atoms with Gasteiger partial charge in [0.05, 0.1) is 12.7 Å². The molecule has 0 aliphatic heterocycles. The molecule has 98 valence electrons. The van der Waals surface area contributed by atoms with Crippen molar-refractivity contribution >= 4 is 0 Å². The van der Waals surface area contributed by atoms with Gasteiger partial charge in [0.2, 0.25) is 0 Å². The summed E-state index contributed by atoms with van der Waals surface area (Å²) >= 11 is 0. The molecule has 2 unspecified atom stereocenters. The monoisotopic (exact) mass is 231 g/mol. The first-order chi connectivity index (χ1) is 7.43. The van der Waals surface area contributed by atoms with Crippen molar-refractivity contribution < 1.29 is 9.84 Å². The minimum atomic E-state index is -0.236. The summed E-state index contributed by atoms with van der Waals surface area (Å²) in [5.74, 6) is 0. The van der Waals surface area contributed by atoms with Gasteiger partial charge < -0.3 is 15.2 Å². The Morgan fingerprint density at radius 2 is 1.94 bits per heavy atom. The van der Waals surface area contributed by atoms with Gasteiger partial charge in [-0.3, -0.25) is 0 Å². The van der Waals surface area contributed by atoms with Crippen molar-refractivity contribution in [2.24, 2.45) is 0 Å². The van der Waals surface area contributed by atoms with Crippen LogP contribution in [0.1, 0.15) is 53.9 Å². The van der Waals surface area contributed by atoms with E-state index in [-0.39, 0.29) is 18.2 Å². The van der Waals surface area contributed by atoms with Crippen molar-refractivity contribution in [3.8, 4) is 0 Å². The Labute approximate surface area is 101 Å². The highest BCUT2D eigenvalue weighted by molar-refractivity contribution is 4.85. The topological polar surface area (TPSA) is 41.5 Å². The molecule has 0 saturated carbocycles. The molecule has 2 N–H and O–H groups in total. The molecule has 0 amide bonds. The third-order valence-corrected chi connectivity index (χ3v) is 2.62. The van der Waals surface area contributed by atoms with Gasteiger partial charge in [-0.25, -0.2) is 0 Å². The summed E-state index contributed by atoms with van der Waals surface area (Å²) in [6, 6.07) is 0.375. The number of hydrogen-bond acceptors (Lipinski definition) is 3. The fourth-order valence-corrected chi connectivity index (χ4v) is 1.99. The van der Waals surface area contributed by atoms with Gasteiger partial charge in [0.1, 0.15) is 0 Å². The predicted molar refractivity (Wildman–Crippen MR) is 68.7 cm³/mol. The van der Waals surface area contributed by atoms with E-state index < -0.39 is 0 Å². The van der Waals surface area contributed by atoms with Crippen LogP contribution in [0.4, 0.5) is 0 Å². The fraction of sp³-hybridized carbons (Fsp3) is 1.00. The highest BCUT2D eigenvalue weighted by atomic mass is 16.5. The zero-order chi connectivity index (χ0) is 12.6. The molecular formula is C13H29NO2. The Bertz CT molecular complexity index is 173. The van der Waals surface area contributed by atoms with E-state index in [2.05, 4.69) is 33.0 Å². The molecule has 0 heterocycles. The Kier molecular flexibility index (Phi) is 7.98. The maximum absolute atomic E-state index is 9.44. The molecule has 3 nitrogen and oxygen atoms in total. The molecule has 2 atom stereocenters. The van der Waals surface area contributed by atoms with Crippen LogP contribution in [0.5, 0.6) is 0 Å². The summed E-state index contributed by atoms with van der Waals surface area (Å²) in [6.45, 7) is 11.4. The summed E-state index contributed by atoms with van der Waals surface area (Å²) in [4.78, 5) is 0. The smallest absolute Gasteiger partial charge is 0.0611 e. The van der Waals surface area contributed by atoms with Crippen LogP contribution in [-0.2, 0) is 4.74 Å². The van der Waals surface area contributed by atoms with Crippen molar-refractivity contribution in [1.82, 2.24) is 5.32 Å². The number of nitrogens with one attached hydrogen (secondary N) is 1. The average Bonchev–Trinajstić information content (AvgIpc) is 2.16. The molecule has 3 heteroatoms. The fourth-order valence-electron chi connectivity index (χ4n) is 1.99. The lowest BCUT2D eigenvalue weighted by atomic mass is 9.95. The SMILES string of the molecule is CCCCOC(C)CC(C)(CO)NC(C)C. The van der Waals surface area contributed by atoms with Crippen LogP contribution in [0.15, 0.2) is 0 Å². The van der Waals surface area contributed by atoms with Gasteiger partial charge in [0.15, 0.2) is 0 Å². The molecular weight excluding hydrogens is 202 g/mol. The highest BCUT2D eigenvalue weighted by Crippen LogP contribution is 2.15. The Balaban J connectivity index is 3.99. The molecule has 16 heavy (non-hydrogen) atoms. The largest absolute Gasteiger partial charge is 0.394 e. The van der Waals surface area contributed by atoms with Crippen molar-refractivity contribution in [3.05, 3.63) is 0 Å². The average molecular weight is 231 g/mol. The number of rotatable bonds is 9. The van der Waals surface area contributed by atoms with Crippen LogP contribution in [-0.4, -0.2) is 36.0 Å². The van der Waals surface area contributed by atoms with Crippen LogP contribution in [0.2, 0.25) is 0 Å². The van der Waals surface area contributed by atoms with E-state index in [0.717, 1.165) is 25.9 Å². The minimum Gasteiger partial charge on any atom is -0.394 e. The summed E-state index contributed by atoms with van der Waals surface area (Å²) in [5, 5.41) is 12.8. The first-order valence-electron chi connectivity index (χ1n) is 6.43. The molecule has 0 saturated heterocycles.